The highest BCUT2D eigenvalue weighted by Gasteiger charge is 2.39. The van der Waals surface area contributed by atoms with Crippen LogP contribution >= 0.6 is 0 Å². The van der Waals surface area contributed by atoms with Crippen LogP contribution in [-0.4, -0.2) is 80.0 Å². The Kier molecular flexibility index (Phi) is 12.9. The lowest BCUT2D eigenvalue weighted by Crippen LogP contribution is -2.44. The van der Waals surface area contributed by atoms with Gasteiger partial charge in [-0.2, -0.15) is 8.61 Å². The minimum Gasteiger partial charge on any atom is -0.353 e. The Morgan fingerprint density at radius 1 is 0.822 bits per heavy atom. The summed E-state index contributed by atoms with van der Waals surface area (Å²) < 4.78 is 69.0. The summed E-state index contributed by atoms with van der Waals surface area (Å²) in [5.41, 5.74) is -0.512. The van der Waals surface area contributed by atoms with Gasteiger partial charge in [0.1, 0.15) is 0 Å². The molecule has 0 fully saturated rings. The van der Waals surface area contributed by atoms with Crippen LogP contribution in [0.3, 0.4) is 0 Å². The molecule has 0 saturated heterocycles. The van der Waals surface area contributed by atoms with E-state index in [0.29, 0.717) is 32.5 Å². The van der Waals surface area contributed by atoms with Crippen LogP contribution in [-0.2, 0) is 29.5 Å². The van der Waals surface area contributed by atoms with Gasteiger partial charge in [0.25, 0.3) is 11.4 Å². The highest BCUT2D eigenvalue weighted by Crippen LogP contribution is 2.31. The number of nitro benzene ring substituents is 2. The van der Waals surface area contributed by atoms with Crippen molar-refractivity contribution in [2.75, 3.05) is 26.3 Å². The van der Waals surface area contributed by atoms with Crippen LogP contribution in [0.5, 0.6) is 0 Å². The summed E-state index contributed by atoms with van der Waals surface area (Å²) in [7, 11) is -8.33. The number of ether oxygens (including phenoxy) is 2. The van der Waals surface area contributed by atoms with Crippen molar-refractivity contribution >= 4 is 31.4 Å². The monoisotopic (exact) mass is 666 g/mol. The molecule has 0 spiro atoms. The molecule has 0 bridgehead atoms. The number of hydrogen-bond acceptors (Lipinski definition) is 10. The first-order chi connectivity index (χ1) is 21.4. The molecule has 0 heterocycles. The van der Waals surface area contributed by atoms with Gasteiger partial charge in [-0.1, -0.05) is 18.2 Å². The second-order valence-electron chi connectivity index (χ2n) is 10.0. The van der Waals surface area contributed by atoms with Crippen LogP contribution < -0.4 is 0 Å². The summed E-state index contributed by atoms with van der Waals surface area (Å²) in [5, 5.41) is 22.2. The van der Waals surface area contributed by atoms with E-state index >= 15 is 0 Å². The van der Waals surface area contributed by atoms with E-state index < -0.39 is 48.3 Å². The lowest BCUT2D eigenvalue weighted by atomic mass is 10.2. The molecular formula is C29H38N4O10S2. The number of non-ortho nitro benzene ring substituents is 2. The van der Waals surface area contributed by atoms with E-state index in [1.165, 1.54) is 32.9 Å². The normalized spacial score (nSPS) is 16.9. The molecule has 0 aromatic heterocycles. The number of nitro groups is 2. The van der Waals surface area contributed by atoms with Crippen molar-refractivity contribution in [3.05, 3.63) is 93.6 Å². The van der Waals surface area contributed by atoms with Gasteiger partial charge in [0.2, 0.25) is 20.0 Å². The van der Waals surface area contributed by atoms with Gasteiger partial charge in [-0.3, -0.25) is 20.2 Å². The molecule has 0 saturated carbocycles. The molecule has 3 rings (SSSR count). The lowest BCUT2D eigenvalue weighted by molar-refractivity contribution is -0.385. The van der Waals surface area contributed by atoms with Crippen LogP contribution in [0.2, 0.25) is 0 Å². The van der Waals surface area contributed by atoms with Crippen molar-refractivity contribution in [1.82, 2.24) is 8.61 Å². The van der Waals surface area contributed by atoms with Gasteiger partial charge in [-0.25, -0.2) is 16.8 Å². The largest absolute Gasteiger partial charge is 0.353 e. The first-order valence-corrected chi connectivity index (χ1v) is 17.3. The Balaban J connectivity index is 1.92. The van der Waals surface area contributed by atoms with Gasteiger partial charge in [0.15, 0.2) is 6.29 Å². The Morgan fingerprint density at radius 2 is 1.24 bits per heavy atom. The first-order valence-electron chi connectivity index (χ1n) is 14.4. The van der Waals surface area contributed by atoms with Crippen molar-refractivity contribution < 1.29 is 36.2 Å². The first kappa shape index (κ1) is 35.9. The van der Waals surface area contributed by atoms with Crippen molar-refractivity contribution in [1.29, 1.82) is 0 Å². The van der Waals surface area contributed by atoms with Gasteiger partial charge < -0.3 is 9.47 Å². The number of sulfonamides is 2. The molecule has 0 aliphatic heterocycles. The minimum atomic E-state index is -4.19. The van der Waals surface area contributed by atoms with Gasteiger partial charge in [-0.05, 0) is 63.8 Å². The Labute approximate surface area is 263 Å². The molecule has 2 atom stereocenters. The molecule has 0 unspecified atom stereocenters. The maximum Gasteiger partial charge on any atom is 0.269 e. The van der Waals surface area contributed by atoms with E-state index in [-0.39, 0.29) is 40.7 Å². The molecule has 0 radical (unpaired) electrons. The maximum absolute atomic E-state index is 13.9. The Morgan fingerprint density at radius 3 is 1.62 bits per heavy atom. The molecule has 0 N–H and O–H groups in total. The van der Waals surface area contributed by atoms with Crippen molar-refractivity contribution in [3.8, 4) is 0 Å². The maximum atomic E-state index is 13.9. The van der Waals surface area contributed by atoms with Crippen LogP contribution in [0.4, 0.5) is 11.4 Å². The predicted octanol–water partition coefficient (Wildman–Crippen LogP) is 4.64. The zero-order chi connectivity index (χ0) is 33.2. The topological polar surface area (TPSA) is 179 Å². The third-order valence-electron chi connectivity index (χ3n) is 7.16. The Bertz CT molecular complexity index is 1560. The zero-order valence-electron chi connectivity index (χ0n) is 25.1. The number of nitrogens with zero attached hydrogens (tertiary/aromatic N) is 4. The van der Waals surface area contributed by atoms with Crippen molar-refractivity contribution in [3.63, 3.8) is 0 Å². The fourth-order valence-corrected chi connectivity index (χ4v) is 8.23. The third kappa shape index (κ3) is 9.02. The summed E-state index contributed by atoms with van der Waals surface area (Å²) >= 11 is 0. The summed E-state index contributed by atoms with van der Waals surface area (Å²) in [6.07, 6.45) is 5.46. The van der Waals surface area contributed by atoms with Crippen LogP contribution in [0, 0.1) is 20.2 Å². The van der Waals surface area contributed by atoms with Gasteiger partial charge in [0.05, 0.1) is 19.6 Å². The fourth-order valence-electron chi connectivity index (χ4n) is 4.99. The molecule has 246 valence electrons. The molecule has 2 aromatic carbocycles. The average Bonchev–Trinajstić information content (AvgIpc) is 3.48. The van der Waals surface area contributed by atoms with Gasteiger partial charge in [-0.15, -0.1) is 6.58 Å². The standard InChI is InChI=1S/C29H38N4O10S2/c1-4-7-20-30(44(38,39)27-16-12-23(13-17-27)32(34)35)25-10-11-26(22-25)31(21-8-9-29(42-5-2)43-6-3)45(40,41)28-18-14-24(15-19-28)33(36)37/h4,10-19,25-26,29H,1,5-9,20-22H2,2-3H3/t25-,26-/m1/s1. The summed E-state index contributed by atoms with van der Waals surface area (Å²) in [6, 6.07) is 7.68. The Hall–Kier alpha value is -3.54. The van der Waals surface area contributed by atoms with E-state index in [0.717, 1.165) is 24.3 Å². The van der Waals surface area contributed by atoms with E-state index in [1.807, 2.05) is 13.8 Å². The average molecular weight is 667 g/mol. The van der Waals surface area contributed by atoms with E-state index in [1.54, 1.807) is 18.2 Å². The lowest BCUT2D eigenvalue weighted by Gasteiger charge is -2.31. The predicted molar refractivity (Wildman–Crippen MR) is 166 cm³/mol. The number of hydrogen-bond donors (Lipinski definition) is 0. The smallest absolute Gasteiger partial charge is 0.269 e. The minimum absolute atomic E-state index is 0.0411. The van der Waals surface area contributed by atoms with Gasteiger partial charge >= 0.3 is 0 Å². The fraction of sp³-hybridized carbons (Fsp3) is 0.448. The van der Waals surface area contributed by atoms with Crippen LogP contribution in [0.25, 0.3) is 0 Å². The summed E-state index contributed by atoms with van der Waals surface area (Å²) in [4.78, 5) is 20.7. The van der Waals surface area contributed by atoms with Crippen LogP contribution in [0.15, 0.2) is 83.1 Å². The molecule has 45 heavy (non-hydrogen) atoms. The summed E-state index contributed by atoms with van der Waals surface area (Å²) in [5.74, 6) is 0. The quantitative estimate of drug-likeness (QED) is 0.0887. The highest BCUT2D eigenvalue weighted by atomic mass is 32.2. The van der Waals surface area contributed by atoms with Crippen molar-refractivity contribution in [2.24, 2.45) is 0 Å². The van der Waals surface area contributed by atoms with Gasteiger partial charge in [0, 0.05) is 62.7 Å². The number of rotatable bonds is 19. The van der Waals surface area contributed by atoms with Crippen molar-refractivity contribution in [2.45, 2.75) is 67.7 Å². The molecular weight excluding hydrogens is 628 g/mol. The molecule has 1 aliphatic carbocycles. The SMILES string of the molecule is C=CCCN([C@@H]1C=C[C@@H](N(CCCC(OCC)OCC)S(=O)(=O)c2ccc([N+](=O)[O-])cc2)C1)S(=O)(=O)c1ccc([N+](=O)[O-])cc1. The molecule has 1 aliphatic rings. The number of benzene rings is 2. The van der Waals surface area contributed by atoms with E-state index in [4.69, 9.17) is 9.47 Å². The second-order valence-corrected chi connectivity index (χ2v) is 13.8. The van der Waals surface area contributed by atoms with Crippen LogP contribution in [0.1, 0.15) is 39.5 Å². The molecule has 14 nitrogen and oxygen atoms in total. The molecule has 2 aromatic rings. The third-order valence-corrected chi connectivity index (χ3v) is 11.0. The highest BCUT2D eigenvalue weighted by molar-refractivity contribution is 7.89. The second kappa shape index (κ2) is 16.1. The van der Waals surface area contributed by atoms with E-state index in [9.17, 15) is 37.1 Å². The summed E-state index contributed by atoms with van der Waals surface area (Å²) in [6.45, 7) is 8.23. The van der Waals surface area contributed by atoms with E-state index in [2.05, 4.69) is 6.58 Å². The molecule has 0 amide bonds. The zero-order valence-corrected chi connectivity index (χ0v) is 26.8. The molecule has 16 heteroatoms.